The van der Waals surface area contributed by atoms with Crippen molar-refractivity contribution in [1.82, 2.24) is 10.6 Å². The number of hydrogen-bond donors (Lipinski definition) is 2. The molecule has 1 unspecified atom stereocenters. The van der Waals surface area contributed by atoms with Crippen LogP contribution in [0.5, 0.6) is 0 Å². The average Bonchev–Trinajstić information content (AvgIpc) is 2.97. The molecule has 0 spiro atoms. The van der Waals surface area contributed by atoms with E-state index in [0.717, 1.165) is 64.7 Å². The average molecular weight is 429 g/mol. The first-order chi connectivity index (χ1) is 10.2. The number of nitrogens with zero attached hydrogens (tertiary/aromatic N) is 1. The van der Waals surface area contributed by atoms with Crippen molar-refractivity contribution in [2.45, 2.75) is 45.3 Å². The van der Waals surface area contributed by atoms with Crippen LogP contribution >= 0.6 is 24.0 Å². The summed E-state index contributed by atoms with van der Waals surface area (Å²) in [5, 5.41) is 6.55. The Morgan fingerprint density at radius 3 is 2.45 bits per heavy atom. The highest BCUT2D eigenvalue weighted by atomic mass is 127. The number of guanidine groups is 1. The molecular weight excluding hydrogens is 397 g/mol. The van der Waals surface area contributed by atoms with Crippen molar-refractivity contribution in [3.8, 4) is 0 Å². The summed E-state index contributed by atoms with van der Waals surface area (Å²) in [5.41, 5.74) is 0. The van der Waals surface area contributed by atoms with Crippen molar-refractivity contribution in [3.05, 3.63) is 0 Å². The smallest absolute Gasteiger partial charge is 0.190 e. The number of ether oxygens (including phenoxy) is 3. The fourth-order valence-corrected chi connectivity index (χ4v) is 1.99. The van der Waals surface area contributed by atoms with E-state index in [2.05, 4.69) is 15.6 Å². The molecule has 0 radical (unpaired) electrons. The van der Waals surface area contributed by atoms with Gasteiger partial charge in [0.25, 0.3) is 0 Å². The van der Waals surface area contributed by atoms with Crippen LogP contribution in [0.2, 0.25) is 0 Å². The van der Waals surface area contributed by atoms with Crippen LogP contribution in [0.25, 0.3) is 0 Å². The van der Waals surface area contributed by atoms with Gasteiger partial charge in [-0.15, -0.1) is 24.0 Å². The lowest BCUT2D eigenvalue weighted by Gasteiger charge is -2.13. The van der Waals surface area contributed by atoms with E-state index in [9.17, 15) is 0 Å². The quantitative estimate of drug-likeness (QED) is 0.240. The van der Waals surface area contributed by atoms with Crippen molar-refractivity contribution in [2.24, 2.45) is 4.99 Å². The fourth-order valence-electron chi connectivity index (χ4n) is 1.99. The van der Waals surface area contributed by atoms with Crippen LogP contribution in [0.1, 0.15) is 33.1 Å². The largest absolute Gasteiger partial charge is 0.379 e. The minimum absolute atomic E-state index is 0. The topological polar surface area (TPSA) is 64.1 Å². The van der Waals surface area contributed by atoms with Crippen molar-refractivity contribution in [2.75, 3.05) is 46.6 Å². The second-order valence-corrected chi connectivity index (χ2v) is 5.41. The number of rotatable bonds is 10. The summed E-state index contributed by atoms with van der Waals surface area (Å²) >= 11 is 0. The van der Waals surface area contributed by atoms with Gasteiger partial charge in [-0.3, -0.25) is 4.99 Å². The molecule has 1 rings (SSSR count). The van der Waals surface area contributed by atoms with E-state index in [1.165, 1.54) is 0 Å². The lowest BCUT2D eigenvalue weighted by Crippen LogP contribution is -2.38. The standard InChI is InChI=1S/C15H31N3O3.HI/c1-13(2)20-9-4-7-17-15(16-3)18-8-5-10-21-14-6-11-19-12-14;/h13-14H,4-12H2,1-3H3,(H2,16,17,18);1H. The second kappa shape index (κ2) is 14.5. The molecule has 7 heteroatoms. The first-order valence-electron chi connectivity index (χ1n) is 7.98. The third-order valence-corrected chi connectivity index (χ3v) is 3.14. The maximum absolute atomic E-state index is 5.71. The molecule has 0 saturated carbocycles. The van der Waals surface area contributed by atoms with Gasteiger partial charge in [0.05, 0.1) is 18.8 Å². The minimum atomic E-state index is 0. The predicted molar refractivity (Wildman–Crippen MR) is 100 cm³/mol. The zero-order chi connectivity index (χ0) is 15.3. The van der Waals surface area contributed by atoms with Gasteiger partial charge in [0.1, 0.15) is 0 Å². The van der Waals surface area contributed by atoms with Gasteiger partial charge in [-0.1, -0.05) is 0 Å². The Labute approximate surface area is 151 Å². The summed E-state index contributed by atoms with van der Waals surface area (Å²) < 4.78 is 16.5. The monoisotopic (exact) mass is 429 g/mol. The lowest BCUT2D eigenvalue weighted by atomic mass is 10.3. The molecule has 0 aliphatic carbocycles. The van der Waals surface area contributed by atoms with Gasteiger partial charge in [0.15, 0.2) is 5.96 Å². The molecule has 1 atom stereocenters. The molecule has 0 aromatic rings. The molecule has 22 heavy (non-hydrogen) atoms. The second-order valence-electron chi connectivity index (χ2n) is 5.41. The van der Waals surface area contributed by atoms with E-state index in [-0.39, 0.29) is 24.0 Å². The Hall–Kier alpha value is -0.120. The van der Waals surface area contributed by atoms with Gasteiger partial charge in [-0.05, 0) is 33.1 Å². The van der Waals surface area contributed by atoms with Gasteiger partial charge >= 0.3 is 0 Å². The van der Waals surface area contributed by atoms with Gasteiger partial charge in [0.2, 0.25) is 0 Å². The maximum Gasteiger partial charge on any atom is 0.190 e. The highest BCUT2D eigenvalue weighted by Crippen LogP contribution is 2.07. The van der Waals surface area contributed by atoms with Crippen LogP contribution < -0.4 is 10.6 Å². The van der Waals surface area contributed by atoms with Crippen LogP contribution in [-0.4, -0.2) is 64.7 Å². The summed E-state index contributed by atoms with van der Waals surface area (Å²) in [4.78, 5) is 4.19. The lowest BCUT2D eigenvalue weighted by molar-refractivity contribution is 0.0420. The zero-order valence-corrected chi connectivity index (χ0v) is 16.4. The van der Waals surface area contributed by atoms with E-state index in [4.69, 9.17) is 14.2 Å². The van der Waals surface area contributed by atoms with Gasteiger partial charge in [0, 0.05) is 40.0 Å². The molecule has 1 aliphatic heterocycles. The van der Waals surface area contributed by atoms with Gasteiger partial charge < -0.3 is 24.8 Å². The molecule has 132 valence electrons. The van der Waals surface area contributed by atoms with Gasteiger partial charge in [-0.25, -0.2) is 0 Å². The van der Waals surface area contributed by atoms with Crippen LogP contribution in [0.15, 0.2) is 4.99 Å². The molecule has 1 fully saturated rings. The van der Waals surface area contributed by atoms with Crippen molar-refractivity contribution in [3.63, 3.8) is 0 Å². The highest BCUT2D eigenvalue weighted by Gasteiger charge is 2.15. The summed E-state index contributed by atoms with van der Waals surface area (Å²) in [6.45, 7) is 8.94. The maximum atomic E-state index is 5.71. The van der Waals surface area contributed by atoms with Crippen LogP contribution in [0, 0.1) is 0 Å². The van der Waals surface area contributed by atoms with Gasteiger partial charge in [-0.2, -0.15) is 0 Å². The normalized spacial score (nSPS) is 18.4. The predicted octanol–water partition coefficient (Wildman–Crippen LogP) is 1.78. The first kappa shape index (κ1) is 21.9. The molecular formula is C15H32IN3O3. The van der Waals surface area contributed by atoms with E-state index < -0.39 is 0 Å². The molecule has 0 aromatic heterocycles. The van der Waals surface area contributed by atoms with Crippen molar-refractivity contribution < 1.29 is 14.2 Å². The zero-order valence-electron chi connectivity index (χ0n) is 14.1. The molecule has 0 amide bonds. The summed E-state index contributed by atoms with van der Waals surface area (Å²) in [5.74, 6) is 0.837. The summed E-state index contributed by atoms with van der Waals surface area (Å²) in [7, 11) is 1.78. The molecule has 0 aromatic carbocycles. The van der Waals surface area contributed by atoms with Crippen LogP contribution in [0.3, 0.4) is 0 Å². The minimum Gasteiger partial charge on any atom is -0.379 e. The van der Waals surface area contributed by atoms with Crippen LogP contribution in [0.4, 0.5) is 0 Å². The molecule has 1 heterocycles. The van der Waals surface area contributed by atoms with E-state index in [1.54, 1.807) is 7.05 Å². The third-order valence-electron chi connectivity index (χ3n) is 3.14. The molecule has 2 N–H and O–H groups in total. The molecule has 1 saturated heterocycles. The van der Waals surface area contributed by atoms with E-state index >= 15 is 0 Å². The number of aliphatic imine (C=N–C) groups is 1. The van der Waals surface area contributed by atoms with Crippen LogP contribution in [-0.2, 0) is 14.2 Å². The Balaban J connectivity index is 0.00000441. The Morgan fingerprint density at radius 1 is 1.23 bits per heavy atom. The SMILES string of the molecule is CN=C(NCCCOC(C)C)NCCCOC1CCOC1.I. The fraction of sp³-hybridized carbons (Fsp3) is 0.933. The Kier molecular flexibility index (Phi) is 14.4. The van der Waals surface area contributed by atoms with E-state index in [0.29, 0.717) is 12.2 Å². The molecule has 0 bridgehead atoms. The van der Waals surface area contributed by atoms with Crippen molar-refractivity contribution >= 4 is 29.9 Å². The number of nitrogens with one attached hydrogen (secondary N) is 2. The third kappa shape index (κ3) is 11.4. The summed E-state index contributed by atoms with van der Waals surface area (Å²) in [6.07, 6.45) is 3.56. The Bertz CT molecular complexity index is 285. The number of hydrogen-bond acceptors (Lipinski definition) is 4. The van der Waals surface area contributed by atoms with Crippen molar-refractivity contribution in [1.29, 1.82) is 0 Å². The summed E-state index contributed by atoms with van der Waals surface area (Å²) in [6, 6.07) is 0. The number of halogens is 1. The first-order valence-corrected chi connectivity index (χ1v) is 7.98. The van der Waals surface area contributed by atoms with E-state index in [1.807, 2.05) is 13.8 Å². The Morgan fingerprint density at radius 2 is 1.91 bits per heavy atom. The molecule has 6 nitrogen and oxygen atoms in total. The molecule has 1 aliphatic rings. The highest BCUT2D eigenvalue weighted by molar-refractivity contribution is 14.0.